The number of amides is 5. The van der Waals surface area contributed by atoms with Gasteiger partial charge >= 0.3 is 24.4 Å². The summed E-state index contributed by atoms with van der Waals surface area (Å²) in [5.74, 6) is -2.17. The molecular formula is C45H82N6O24. The normalized spacial score (nSPS) is 30.8. The van der Waals surface area contributed by atoms with Crippen molar-refractivity contribution in [3.05, 3.63) is 0 Å². The van der Waals surface area contributed by atoms with Gasteiger partial charge in [-0.05, 0) is 138 Å². The van der Waals surface area contributed by atoms with Gasteiger partial charge in [0.05, 0.1) is 36.9 Å². The molecule has 0 spiro atoms. The molecule has 30 nitrogen and oxygen atoms in total. The Morgan fingerprint density at radius 3 is 1.63 bits per heavy atom. The van der Waals surface area contributed by atoms with Crippen molar-refractivity contribution >= 4 is 30.3 Å². The first-order valence-corrected chi connectivity index (χ1v) is 24.4. The average Bonchev–Trinajstić information content (AvgIpc) is 3.23. The number of rotatable bonds is 15. The third kappa shape index (κ3) is 22.4. The van der Waals surface area contributed by atoms with Gasteiger partial charge in [0, 0.05) is 6.54 Å². The minimum absolute atomic E-state index is 0.111. The number of hydrogen-bond donors (Lipinski definition) is 12. The number of aliphatic hydroxyl groups is 4. The molecule has 5 amide bonds. The van der Waals surface area contributed by atoms with E-state index in [0.717, 1.165) is 0 Å². The lowest BCUT2D eigenvalue weighted by molar-refractivity contribution is -0.695. The van der Waals surface area contributed by atoms with Gasteiger partial charge in [-0.15, -0.1) is 0 Å². The van der Waals surface area contributed by atoms with Crippen molar-refractivity contribution in [2.45, 2.75) is 243 Å². The van der Waals surface area contributed by atoms with E-state index in [2.05, 4.69) is 41.7 Å². The van der Waals surface area contributed by atoms with Crippen LogP contribution in [0.2, 0.25) is 0 Å². The summed E-state index contributed by atoms with van der Waals surface area (Å²) in [6.07, 6.45) is -20.3. The first-order chi connectivity index (χ1) is 34.4. The van der Waals surface area contributed by atoms with Crippen molar-refractivity contribution in [3.8, 4) is 0 Å². The molecule has 3 saturated heterocycles. The Kier molecular flexibility index (Phi) is 23.9. The van der Waals surface area contributed by atoms with Crippen molar-refractivity contribution in [1.29, 1.82) is 0 Å². The molecule has 0 bridgehead atoms. The summed E-state index contributed by atoms with van der Waals surface area (Å²) in [6, 6.07) is -4.92. The Morgan fingerprint density at radius 1 is 0.653 bits per heavy atom. The zero-order valence-electron chi connectivity index (χ0n) is 45.0. The van der Waals surface area contributed by atoms with Crippen molar-refractivity contribution in [1.82, 2.24) is 26.6 Å². The standard InChI is InChI=1S/C45H80N6O19.H2O5/c1-41(2,3)67-37(57)47-18-17-24(52)34(56)48-22-19-23(50-39(59)69-43(7,8)9)31(64-35-21(15-16-25(62-35)33(46)55)49-38(58)68-42(4,5)6)29(54)30(22)65-36-28(53)27(51-40(60)70-44(10,11)12)32-26(63-36)20-61-45(13,14)66-32;1-3-5-4-2/h21-33,35-36,52-55H,15-20,46H2,1-14H3,(H,47,57)(H,48,56)(H,49,58)(H,50,59)(H,51,60);1-2H/t21?,22-,23-,24+,25?,26?,27-,28?,29?,30+,31?,32-,33?,35-,36-;/m1./s1. The minimum atomic E-state index is -1.93. The number of nitrogens with one attached hydrogen (secondary N) is 5. The lowest BCUT2D eigenvalue weighted by Gasteiger charge is -2.52. The third-order valence-corrected chi connectivity index (χ3v) is 10.9. The van der Waals surface area contributed by atoms with Gasteiger partial charge in [-0.1, -0.05) is 0 Å². The molecule has 30 heteroatoms. The molecule has 3 aliphatic heterocycles. The van der Waals surface area contributed by atoms with Crippen LogP contribution in [0, 0.1) is 0 Å². The van der Waals surface area contributed by atoms with Gasteiger partial charge in [0.15, 0.2) is 18.4 Å². The number of carbonyl (C=O) groups is 5. The van der Waals surface area contributed by atoms with E-state index < -0.39 is 150 Å². The molecule has 75 heavy (non-hydrogen) atoms. The van der Waals surface area contributed by atoms with Gasteiger partial charge in [0.1, 0.15) is 71.4 Å². The molecule has 1 saturated carbocycles. The maximum Gasteiger partial charge on any atom is 0.408 e. The van der Waals surface area contributed by atoms with Crippen LogP contribution < -0.4 is 32.3 Å². The first-order valence-electron chi connectivity index (χ1n) is 24.4. The smallest absolute Gasteiger partial charge is 0.408 e. The van der Waals surface area contributed by atoms with Crippen molar-refractivity contribution < 1.29 is 117 Å². The number of hydrogen-bond acceptors (Lipinski definition) is 25. The second-order valence-corrected chi connectivity index (χ2v) is 22.6. The molecule has 15 atom stereocenters. The number of fused-ring (bicyclic) bond motifs is 1. The predicted molar refractivity (Wildman–Crippen MR) is 253 cm³/mol. The monoisotopic (exact) mass is 1090 g/mol. The molecule has 7 unspecified atom stereocenters. The van der Waals surface area contributed by atoms with Crippen LogP contribution in [0.4, 0.5) is 19.2 Å². The van der Waals surface area contributed by atoms with Crippen LogP contribution in [0.5, 0.6) is 0 Å². The molecule has 4 rings (SSSR count). The van der Waals surface area contributed by atoms with Crippen LogP contribution >= 0.6 is 0 Å². The number of aliphatic hydroxyl groups excluding tert-OH is 4. The fourth-order valence-electron chi connectivity index (χ4n) is 8.02. The molecule has 3 heterocycles. The van der Waals surface area contributed by atoms with Crippen LogP contribution in [0.3, 0.4) is 0 Å². The summed E-state index contributed by atoms with van der Waals surface area (Å²) in [6.45, 7) is 22.8. The number of ether oxygens (including phenoxy) is 10. The Hall–Kier alpha value is -4.09. The van der Waals surface area contributed by atoms with Gasteiger partial charge in [0.25, 0.3) is 0 Å². The molecule has 0 aromatic heterocycles. The van der Waals surface area contributed by atoms with Gasteiger partial charge in [-0.2, -0.15) is 0 Å². The summed E-state index contributed by atoms with van der Waals surface area (Å²) in [5.41, 5.74) is 2.17. The van der Waals surface area contributed by atoms with Gasteiger partial charge in [-0.3, -0.25) is 4.79 Å². The molecule has 0 aromatic rings. The molecule has 13 N–H and O–H groups in total. The number of nitrogens with two attached hydrogens (primary N) is 1. The lowest BCUT2D eigenvalue weighted by atomic mass is 9.83. The maximum atomic E-state index is 13.9. The summed E-state index contributed by atoms with van der Waals surface area (Å²) in [7, 11) is 0. The highest BCUT2D eigenvalue weighted by Gasteiger charge is 2.56. The predicted octanol–water partition coefficient (Wildman–Crippen LogP) is 0.794. The Labute approximate surface area is 435 Å². The summed E-state index contributed by atoms with van der Waals surface area (Å²) < 4.78 is 59.1. The van der Waals surface area contributed by atoms with Crippen LogP contribution in [0.1, 0.15) is 123 Å². The van der Waals surface area contributed by atoms with Gasteiger partial charge in [0.2, 0.25) is 5.91 Å². The lowest BCUT2D eigenvalue weighted by Crippen LogP contribution is -2.72. The van der Waals surface area contributed by atoms with E-state index in [-0.39, 0.29) is 38.8 Å². The van der Waals surface area contributed by atoms with Crippen molar-refractivity contribution in [2.24, 2.45) is 5.73 Å². The van der Waals surface area contributed by atoms with Crippen LogP contribution in [-0.4, -0.2) is 194 Å². The zero-order valence-corrected chi connectivity index (χ0v) is 45.0. The fraction of sp³-hybridized carbons (Fsp3) is 0.889. The fourth-order valence-corrected chi connectivity index (χ4v) is 8.02. The highest BCUT2D eigenvalue weighted by Crippen LogP contribution is 2.37. The van der Waals surface area contributed by atoms with E-state index in [4.69, 9.17) is 63.6 Å². The third-order valence-electron chi connectivity index (χ3n) is 10.9. The van der Waals surface area contributed by atoms with E-state index in [9.17, 15) is 44.4 Å². The van der Waals surface area contributed by atoms with E-state index >= 15 is 0 Å². The molecule has 0 radical (unpaired) electrons. The summed E-state index contributed by atoms with van der Waals surface area (Å²) >= 11 is 0. The minimum Gasteiger partial charge on any atom is -0.444 e. The molecule has 4 fully saturated rings. The molecule has 4 aliphatic rings. The van der Waals surface area contributed by atoms with E-state index in [1.54, 1.807) is 96.9 Å². The largest absolute Gasteiger partial charge is 0.444 e. The quantitative estimate of drug-likeness (QED) is 0.0467. The average molecular weight is 1090 g/mol. The number of alkyl carbamates (subject to hydrolysis) is 4. The first kappa shape index (κ1) is 65.2. The van der Waals surface area contributed by atoms with E-state index in [0.29, 0.717) is 0 Å². The second-order valence-electron chi connectivity index (χ2n) is 22.6. The Bertz CT molecular complexity index is 1840. The van der Waals surface area contributed by atoms with Gasteiger partial charge in [-0.25, -0.2) is 29.7 Å². The van der Waals surface area contributed by atoms with E-state index in [1.165, 1.54) is 0 Å². The SMILES string of the molecule is CC(C)(C)OC(=O)NCC[C@H](O)C(=O)N[C@@H]1C[C@@H](NC(=O)OC(C)(C)C)C(O[C@H]2OC(C(N)O)CCC2NC(=O)OC(C)(C)C)C(O)[C@H]1O[C@H]1OC2COC(C)(C)O[C@H]2[C@H](NC(=O)OC(C)(C)C)C1O.OOOOO. The highest BCUT2D eigenvalue weighted by molar-refractivity contribution is 5.81. The molecular weight excluding hydrogens is 1010 g/mol. The van der Waals surface area contributed by atoms with Crippen LogP contribution in [0.15, 0.2) is 0 Å². The Balaban J connectivity index is 0.00000282. The van der Waals surface area contributed by atoms with Gasteiger partial charge < -0.3 is 100 Å². The molecule has 436 valence electrons. The van der Waals surface area contributed by atoms with Crippen LogP contribution in [-0.2, 0) is 67.3 Å². The Morgan fingerprint density at radius 2 is 1.13 bits per heavy atom. The molecule has 1 aliphatic carbocycles. The van der Waals surface area contributed by atoms with Crippen molar-refractivity contribution in [2.75, 3.05) is 13.2 Å². The second kappa shape index (κ2) is 27.5. The highest BCUT2D eigenvalue weighted by atomic mass is 17.7. The zero-order chi connectivity index (χ0) is 57.0. The van der Waals surface area contributed by atoms with Crippen molar-refractivity contribution in [3.63, 3.8) is 0 Å². The number of carbonyl (C=O) groups excluding carboxylic acids is 5. The topological polar surface area (TPSA) is 413 Å². The molecule has 0 aromatic carbocycles. The maximum absolute atomic E-state index is 13.9. The van der Waals surface area contributed by atoms with Crippen LogP contribution in [0.25, 0.3) is 0 Å². The summed E-state index contributed by atoms with van der Waals surface area (Å²) in [4.78, 5) is 66.0. The van der Waals surface area contributed by atoms with E-state index in [1.807, 2.05) is 0 Å². The summed E-state index contributed by atoms with van der Waals surface area (Å²) in [5, 5.41) is 81.8.